The van der Waals surface area contributed by atoms with Gasteiger partial charge in [0, 0.05) is 0 Å². The maximum atomic E-state index is 8.06. The van der Waals surface area contributed by atoms with E-state index >= 15 is 0 Å². The Morgan fingerprint density at radius 1 is 2.00 bits per heavy atom. The zero-order valence-electron chi connectivity index (χ0n) is 2.86. The summed E-state index contributed by atoms with van der Waals surface area (Å²) < 4.78 is 8.06. The molecule has 2 heteroatoms. The Labute approximate surface area is 32.8 Å². The minimum absolute atomic E-state index is 0.889. The van der Waals surface area contributed by atoms with Gasteiger partial charge in [0.25, 0.3) is 0 Å². The third-order valence-electron chi connectivity index (χ3n) is 0.224. The third-order valence-corrected chi connectivity index (χ3v) is 1.16. The summed E-state index contributed by atoms with van der Waals surface area (Å²) in [4.78, 5) is 0. The van der Waals surface area contributed by atoms with Crippen molar-refractivity contribution in [2.24, 2.45) is 0 Å². The second-order valence-electron chi connectivity index (χ2n) is 0.724. The van der Waals surface area contributed by atoms with Crippen LogP contribution in [0.1, 0.15) is 6.92 Å². The van der Waals surface area contributed by atoms with Crippen molar-refractivity contribution >= 4 is 15.8 Å². The van der Waals surface area contributed by atoms with Crippen LogP contribution in [-0.2, 0) is 0 Å². The van der Waals surface area contributed by atoms with Crippen molar-refractivity contribution < 1.29 is 4.13 Å². The third kappa shape index (κ3) is 2.50. The first kappa shape index (κ1) is 4.50. The van der Waals surface area contributed by atoms with Crippen molar-refractivity contribution in [3.05, 3.63) is 0 Å². The second kappa shape index (κ2) is 3.50. The standard InChI is InChI=1S/C2H8GeO/c1-2-3-4/h4H,2-3H2,1H3. The van der Waals surface area contributed by atoms with Crippen molar-refractivity contribution in [2.45, 2.75) is 12.2 Å². The molecule has 0 aliphatic heterocycles. The molecule has 0 spiro atoms. The topological polar surface area (TPSA) is 20.2 Å². The number of hydrogen-bond donors (Lipinski definition) is 1. The van der Waals surface area contributed by atoms with Gasteiger partial charge in [-0.15, -0.1) is 0 Å². The fourth-order valence-electron chi connectivity index (χ4n) is 0. The zero-order valence-corrected chi connectivity index (χ0v) is 5.83. The molecule has 0 unspecified atom stereocenters. The van der Waals surface area contributed by atoms with E-state index < -0.39 is 15.8 Å². The first-order chi connectivity index (χ1) is 1.91. The van der Waals surface area contributed by atoms with Gasteiger partial charge in [0.05, 0.1) is 0 Å². The molecule has 0 bridgehead atoms. The summed E-state index contributed by atoms with van der Waals surface area (Å²) in [7, 11) is 0. The van der Waals surface area contributed by atoms with E-state index in [4.69, 9.17) is 4.13 Å². The molecule has 0 atom stereocenters. The Hall–Kier alpha value is 0.503. The fraction of sp³-hybridized carbons (Fsp3) is 1.00. The Kier molecular flexibility index (Phi) is 3.94. The van der Waals surface area contributed by atoms with Crippen molar-refractivity contribution in [1.82, 2.24) is 0 Å². The Morgan fingerprint density at radius 2 is 2.25 bits per heavy atom. The normalized spacial score (nSPS) is 10.5. The van der Waals surface area contributed by atoms with E-state index in [1.54, 1.807) is 0 Å². The molecule has 0 saturated heterocycles. The monoisotopic (exact) mass is 122 g/mol. The van der Waals surface area contributed by atoms with Crippen LogP contribution in [0.15, 0.2) is 0 Å². The molecule has 0 aliphatic rings. The van der Waals surface area contributed by atoms with Gasteiger partial charge in [-0.05, 0) is 0 Å². The van der Waals surface area contributed by atoms with E-state index in [0.717, 1.165) is 5.25 Å². The van der Waals surface area contributed by atoms with Crippen LogP contribution in [0, 0.1) is 0 Å². The molecule has 1 nitrogen and oxygen atoms in total. The molecule has 0 aromatic rings. The van der Waals surface area contributed by atoms with Gasteiger partial charge in [0.2, 0.25) is 0 Å². The zero-order chi connectivity index (χ0) is 3.41. The molecule has 1 N–H and O–H groups in total. The van der Waals surface area contributed by atoms with Gasteiger partial charge in [-0.25, -0.2) is 0 Å². The summed E-state index contributed by atoms with van der Waals surface area (Å²) in [6, 6.07) is 0. The van der Waals surface area contributed by atoms with Gasteiger partial charge >= 0.3 is 32.1 Å². The van der Waals surface area contributed by atoms with Crippen LogP contribution in [0.5, 0.6) is 0 Å². The molecule has 0 aromatic heterocycles. The maximum absolute atomic E-state index is 8.06. The van der Waals surface area contributed by atoms with Gasteiger partial charge < -0.3 is 0 Å². The van der Waals surface area contributed by atoms with Crippen LogP contribution in [0.3, 0.4) is 0 Å². The summed E-state index contributed by atoms with van der Waals surface area (Å²) in [6.45, 7) is 2.01. The van der Waals surface area contributed by atoms with Gasteiger partial charge in [0.1, 0.15) is 0 Å². The molecule has 0 fully saturated rings. The predicted octanol–water partition coefficient (Wildman–Crippen LogP) is -0.499. The van der Waals surface area contributed by atoms with E-state index in [1.807, 2.05) is 6.92 Å². The van der Waals surface area contributed by atoms with Gasteiger partial charge in [-0.2, -0.15) is 0 Å². The van der Waals surface area contributed by atoms with Crippen LogP contribution in [0.4, 0.5) is 0 Å². The van der Waals surface area contributed by atoms with Crippen molar-refractivity contribution in [2.75, 3.05) is 0 Å². The average molecular weight is 121 g/mol. The molecule has 0 aromatic carbocycles. The van der Waals surface area contributed by atoms with Gasteiger partial charge in [0.15, 0.2) is 0 Å². The van der Waals surface area contributed by atoms with E-state index in [-0.39, 0.29) is 0 Å². The van der Waals surface area contributed by atoms with Crippen LogP contribution in [0.25, 0.3) is 0 Å². The predicted molar refractivity (Wildman–Crippen MR) is 21.2 cm³/mol. The summed E-state index contributed by atoms with van der Waals surface area (Å²) in [5.41, 5.74) is 0. The first-order valence-corrected chi connectivity index (χ1v) is 4.95. The summed E-state index contributed by atoms with van der Waals surface area (Å²) in [6.07, 6.45) is 0. The van der Waals surface area contributed by atoms with Crippen molar-refractivity contribution in [1.29, 1.82) is 0 Å². The fourth-order valence-corrected chi connectivity index (χ4v) is 0. The van der Waals surface area contributed by atoms with Gasteiger partial charge in [-0.3, -0.25) is 0 Å². The molecule has 0 radical (unpaired) electrons. The molecular weight excluding hydrogens is 113 g/mol. The summed E-state index contributed by atoms with van der Waals surface area (Å²) in [5, 5.41) is 1.06. The molecular formula is C2H8GeO. The van der Waals surface area contributed by atoms with Crippen molar-refractivity contribution in [3.63, 3.8) is 0 Å². The Balaban J connectivity index is 1.97. The number of hydrogen-bond acceptors (Lipinski definition) is 1. The molecule has 0 saturated carbocycles. The second-order valence-corrected chi connectivity index (χ2v) is 3.76. The molecule has 4 heavy (non-hydrogen) atoms. The van der Waals surface area contributed by atoms with E-state index in [2.05, 4.69) is 0 Å². The summed E-state index contributed by atoms with van der Waals surface area (Å²) in [5.74, 6) is 0. The van der Waals surface area contributed by atoms with Crippen LogP contribution in [0.2, 0.25) is 5.25 Å². The van der Waals surface area contributed by atoms with Crippen LogP contribution < -0.4 is 0 Å². The van der Waals surface area contributed by atoms with E-state index in [9.17, 15) is 0 Å². The van der Waals surface area contributed by atoms with Crippen LogP contribution in [-0.4, -0.2) is 19.9 Å². The average Bonchev–Trinajstić information content (AvgIpc) is 1.37. The Morgan fingerprint density at radius 3 is 2.25 bits per heavy atom. The van der Waals surface area contributed by atoms with E-state index in [1.165, 1.54) is 0 Å². The van der Waals surface area contributed by atoms with Gasteiger partial charge in [-0.1, -0.05) is 0 Å². The quantitative estimate of drug-likeness (QED) is 0.463. The Bertz CT molecular complexity index is 8.00. The molecule has 0 aliphatic carbocycles. The first-order valence-electron chi connectivity index (χ1n) is 1.52. The molecule has 0 heterocycles. The molecule has 26 valence electrons. The van der Waals surface area contributed by atoms with E-state index in [0.29, 0.717) is 0 Å². The molecule has 0 rings (SSSR count). The van der Waals surface area contributed by atoms with Crippen LogP contribution >= 0.6 is 0 Å². The SMILES string of the molecule is C[CH2][GeH2][OH]. The molecule has 0 amide bonds. The minimum atomic E-state index is -0.889. The van der Waals surface area contributed by atoms with Crippen molar-refractivity contribution in [3.8, 4) is 0 Å². The number of rotatable bonds is 1. The summed E-state index contributed by atoms with van der Waals surface area (Å²) >= 11 is -0.889.